The number of fused-ring (bicyclic) bond motifs is 1. The first kappa shape index (κ1) is 23.4. The van der Waals surface area contributed by atoms with Crippen LogP contribution in [0, 0.1) is 0 Å². The van der Waals surface area contributed by atoms with E-state index in [1.807, 2.05) is 35.8 Å². The highest BCUT2D eigenvalue weighted by Gasteiger charge is 2.24. The summed E-state index contributed by atoms with van der Waals surface area (Å²) in [4.78, 5) is 17.7. The number of nitrogens with zero attached hydrogens (tertiary/aromatic N) is 2. The molecule has 176 valence electrons. The summed E-state index contributed by atoms with van der Waals surface area (Å²) in [5, 5.41) is 2.87. The Morgan fingerprint density at radius 2 is 1.94 bits per heavy atom. The van der Waals surface area contributed by atoms with E-state index in [9.17, 15) is 13.2 Å². The van der Waals surface area contributed by atoms with Gasteiger partial charge in [-0.1, -0.05) is 31.0 Å². The molecule has 0 spiro atoms. The minimum atomic E-state index is -3.68. The Balaban J connectivity index is 1.54. The number of para-hydroxylation sites is 2. The van der Waals surface area contributed by atoms with Gasteiger partial charge in [-0.15, -0.1) is 0 Å². The van der Waals surface area contributed by atoms with Crippen LogP contribution in [0.1, 0.15) is 49.4 Å². The number of hydrogen-bond donors (Lipinski definition) is 2. The Morgan fingerprint density at radius 3 is 2.73 bits per heavy atom. The number of anilines is 1. The van der Waals surface area contributed by atoms with Crippen molar-refractivity contribution in [1.82, 2.24) is 14.3 Å². The van der Waals surface area contributed by atoms with Gasteiger partial charge in [-0.05, 0) is 56.5 Å². The molecule has 2 N–H and O–H groups in total. The Morgan fingerprint density at radius 1 is 1.15 bits per heavy atom. The van der Waals surface area contributed by atoms with Crippen LogP contribution >= 0.6 is 0 Å². The lowest BCUT2D eigenvalue weighted by molar-refractivity contribution is 0.102. The SMILES string of the molecule is CCOCCCn1c(NC(=O)c2cccc(S(=O)(=O)NC3CCCC3)c2)nc2ccccc21. The number of nitrogens with one attached hydrogen (secondary N) is 2. The van der Waals surface area contributed by atoms with Gasteiger partial charge in [0.25, 0.3) is 5.91 Å². The Hall–Kier alpha value is -2.75. The van der Waals surface area contributed by atoms with E-state index < -0.39 is 15.9 Å². The number of sulfonamides is 1. The summed E-state index contributed by atoms with van der Waals surface area (Å²) in [5.41, 5.74) is 1.96. The van der Waals surface area contributed by atoms with Crippen LogP contribution < -0.4 is 10.0 Å². The van der Waals surface area contributed by atoms with Crippen LogP contribution in [-0.4, -0.2) is 43.1 Å². The van der Waals surface area contributed by atoms with Gasteiger partial charge >= 0.3 is 0 Å². The molecule has 8 nitrogen and oxygen atoms in total. The van der Waals surface area contributed by atoms with E-state index in [1.54, 1.807) is 12.1 Å². The number of imidazole rings is 1. The van der Waals surface area contributed by atoms with Crippen LogP contribution in [0.4, 0.5) is 5.95 Å². The van der Waals surface area contributed by atoms with Crippen LogP contribution in [0.15, 0.2) is 53.4 Å². The lowest BCUT2D eigenvalue weighted by Gasteiger charge is -2.13. The molecular weight excluding hydrogens is 440 g/mol. The van der Waals surface area contributed by atoms with Crippen LogP contribution in [0.5, 0.6) is 0 Å². The summed E-state index contributed by atoms with van der Waals surface area (Å²) in [6.07, 6.45) is 4.53. The summed E-state index contributed by atoms with van der Waals surface area (Å²) in [7, 11) is -3.68. The van der Waals surface area contributed by atoms with Crippen LogP contribution in [0.3, 0.4) is 0 Å². The second kappa shape index (κ2) is 10.5. The van der Waals surface area contributed by atoms with Crippen LogP contribution in [0.2, 0.25) is 0 Å². The summed E-state index contributed by atoms with van der Waals surface area (Å²) in [6, 6.07) is 13.8. The molecule has 0 atom stereocenters. The molecule has 1 aliphatic rings. The highest BCUT2D eigenvalue weighted by Crippen LogP contribution is 2.23. The molecule has 0 radical (unpaired) electrons. The van der Waals surface area contributed by atoms with Gasteiger partial charge in [0.15, 0.2) is 0 Å². The number of hydrogen-bond acceptors (Lipinski definition) is 5. The maximum atomic E-state index is 13.0. The highest BCUT2D eigenvalue weighted by molar-refractivity contribution is 7.89. The second-order valence-electron chi connectivity index (χ2n) is 8.21. The predicted octanol–water partition coefficient (Wildman–Crippen LogP) is 3.94. The molecule has 1 heterocycles. The van der Waals surface area contributed by atoms with Gasteiger partial charge < -0.3 is 9.30 Å². The average molecular weight is 471 g/mol. The van der Waals surface area contributed by atoms with Gasteiger partial charge in [0.05, 0.1) is 15.9 Å². The number of carbonyl (C=O) groups excluding carboxylic acids is 1. The van der Waals surface area contributed by atoms with Crippen molar-refractivity contribution in [3.05, 3.63) is 54.1 Å². The highest BCUT2D eigenvalue weighted by atomic mass is 32.2. The predicted molar refractivity (Wildman–Crippen MR) is 128 cm³/mol. The van der Waals surface area contributed by atoms with Crippen molar-refractivity contribution in [2.75, 3.05) is 18.5 Å². The topological polar surface area (TPSA) is 102 Å². The fourth-order valence-electron chi connectivity index (χ4n) is 4.18. The summed E-state index contributed by atoms with van der Waals surface area (Å²) in [5.74, 6) is 0.0179. The zero-order valence-electron chi connectivity index (χ0n) is 18.8. The van der Waals surface area contributed by atoms with Crippen LogP contribution in [0.25, 0.3) is 11.0 Å². The molecule has 1 amide bonds. The Labute approximate surface area is 194 Å². The van der Waals surface area contributed by atoms with Crippen molar-refractivity contribution >= 4 is 32.9 Å². The largest absolute Gasteiger partial charge is 0.382 e. The third kappa shape index (κ3) is 5.61. The Kier molecular flexibility index (Phi) is 7.42. The maximum absolute atomic E-state index is 13.0. The van der Waals surface area contributed by atoms with E-state index in [0.29, 0.717) is 25.7 Å². The number of benzene rings is 2. The third-order valence-corrected chi connectivity index (χ3v) is 7.36. The maximum Gasteiger partial charge on any atom is 0.258 e. The average Bonchev–Trinajstić information content (AvgIpc) is 3.44. The van der Waals surface area contributed by atoms with Gasteiger partial charge in [-0.25, -0.2) is 18.1 Å². The molecule has 1 fully saturated rings. The molecule has 4 rings (SSSR count). The molecule has 1 aromatic heterocycles. The van der Waals surface area contributed by atoms with Crippen molar-refractivity contribution in [3.63, 3.8) is 0 Å². The number of ether oxygens (including phenoxy) is 1. The normalized spacial score (nSPS) is 14.7. The number of carbonyl (C=O) groups is 1. The van der Waals surface area contributed by atoms with E-state index in [4.69, 9.17) is 4.74 Å². The molecule has 0 unspecified atom stereocenters. The van der Waals surface area contributed by atoms with E-state index in [1.165, 1.54) is 12.1 Å². The fraction of sp³-hybridized carbons (Fsp3) is 0.417. The first-order valence-corrected chi connectivity index (χ1v) is 12.9. The van der Waals surface area contributed by atoms with Gasteiger partial charge in [0.1, 0.15) is 0 Å². The summed E-state index contributed by atoms with van der Waals surface area (Å²) >= 11 is 0. The second-order valence-corrected chi connectivity index (χ2v) is 9.92. The van der Waals surface area contributed by atoms with Crippen LogP contribution in [-0.2, 0) is 21.3 Å². The molecule has 0 saturated heterocycles. The van der Waals surface area contributed by atoms with E-state index in [0.717, 1.165) is 43.1 Å². The number of amides is 1. The van der Waals surface area contributed by atoms with E-state index in [-0.39, 0.29) is 16.5 Å². The smallest absolute Gasteiger partial charge is 0.258 e. The number of aromatic nitrogens is 2. The molecule has 1 aliphatic carbocycles. The standard InChI is InChI=1S/C24H30N4O4S/c1-2-32-16-8-15-28-22-14-6-5-13-21(22)25-24(28)26-23(29)18-9-7-12-20(17-18)33(30,31)27-19-10-3-4-11-19/h5-7,9,12-14,17,19,27H,2-4,8,10-11,15-16H2,1H3,(H,25,26,29). The zero-order chi connectivity index (χ0) is 23.3. The molecule has 1 saturated carbocycles. The van der Waals surface area contributed by atoms with E-state index >= 15 is 0 Å². The number of rotatable bonds is 10. The van der Waals surface area contributed by atoms with Crippen molar-refractivity contribution in [2.24, 2.45) is 0 Å². The van der Waals surface area contributed by atoms with Crippen molar-refractivity contribution in [3.8, 4) is 0 Å². The molecule has 2 aromatic carbocycles. The molecule has 33 heavy (non-hydrogen) atoms. The van der Waals surface area contributed by atoms with Gasteiger partial charge in [0, 0.05) is 31.4 Å². The minimum Gasteiger partial charge on any atom is -0.382 e. The fourth-order valence-corrected chi connectivity index (χ4v) is 5.53. The van der Waals surface area contributed by atoms with E-state index in [2.05, 4.69) is 15.0 Å². The van der Waals surface area contributed by atoms with Crippen molar-refractivity contribution in [1.29, 1.82) is 0 Å². The number of aryl methyl sites for hydroxylation is 1. The molecule has 9 heteroatoms. The lowest BCUT2D eigenvalue weighted by Crippen LogP contribution is -2.32. The van der Waals surface area contributed by atoms with Gasteiger partial charge in [-0.2, -0.15) is 0 Å². The lowest BCUT2D eigenvalue weighted by atomic mass is 10.2. The monoisotopic (exact) mass is 470 g/mol. The van der Waals surface area contributed by atoms with Crippen molar-refractivity contribution < 1.29 is 17.9 Å². The molecule has 0 bridgehead atoms. The first-order chi connectivity index (χ1) is 16.0. The van der Waals surface area contributed by atoms with Crippen molar-refractivity contribution in [2.45, 2.75) is 56.5 Å². The summed E-state index contributed by atoms with van der Waals surface area (Å²) < 4.78 is 35.7. The first-order valence-electron chi connectivity index (χ1n) is 11.4. The molecular formula is C24H30N4O4S. The molecule has 0 aliphatic heterocycles. The van der Waals surface area contributed by atoms with Gasteiger partial charge in [-0.3, -0.25) is 10.1 Å². The third-order valence-electron chi connectivity index (χ3n) is 5.84. The van der Waals surface area contributed by atoms with Gasteiger partial charge in [0.2, 0.25) is 16.0 Å². The quantitative estimate of drug-likeness (QED) is 0.437. The summed E-state index contributed by atoms with van der Waals surface area (Å²) in [6.45, 7) is 3.86. The Bertz CT molecular complexity index is 1220. The molecule has 3 aromatic rings. The zero-order valence-corrected chi connectivity index (χ0v) is 19.6. The minimum absolute atomic E-state index is 0.0379.